The SMILES string of the molecule is Cc1cc(CNC2CCC2)ccc1N(C)C. The minimum absolute atomic E-state index is 0.772. The van der Waals surface area contributed by atoms with E-state index in [1.807, 2.05) is 0 Å². The fraction of sp³-hybridized carbons (Fsp3) is 0.571. The van der Waals surface area contributed by atoms with Gasteiger partial charge in [-0.25, -0.2) is 0 Å². The lowest BCUT2D eigenvalue weighted by Gasteiger charge is -2.26. The Hall–Kier alpha value is -1.02. The Kier molecular flexibility index (Phi) is 3.49. The van der Waals surface area contributed by atoms with Gasteiger partial charge in [0.15, 0.2) is 0 Å². The van der Waals surface area contributed by atoms with Crippen molar-refractivity contribution in [1.82, 2.24) is 5.32 Å². The maximum absolute atomic E-state index is 3.60. The van der Waals surface area contributed by atoms with Crippen LogP contribution in [0.25, 0.3) is 0 Å². The predicted molar refractivity (Wildman–Crippen MR) is 70.0 cm³/mol. The zero-order chi connectivity index (χ0) is 11.5. The van der Waals surface area contributed by atoms with Gasteiger partial charge in [0.1, 0.15) is 0 Å². The van der Waals surface area contributed by atoms with Crippen LogP contribution in [0.4, 0.5) is 5.69 Å². The monoisotopic (exact) mass is 218 g/mol. The molecule has 2 heteroatoms. The first-order valence-electron chi connectivity index (χ1n) is 6.17. The molecule has 1 aliphatic carbocycles. The van der Waals surface area contributed by atoms with E-state index in [2.05, 4.69) is 49.4 Å². The third kappa shape index (κ3) is 2.56. The van der Waals surface area contributed by atoms with Crippen molar-refractivity contribution in [3.8, 4) is 0 Å². The van der Waals surface area contributed by atoms with Crippen LogP contribution in [-0.2, 0) is 6.54 Å². The van der Waals surface area contributed by atoms with Gasteiger partial charge >= 0.3 is 0 Å². The Labute approximate surface area is 98.7 Å². The minimum Gasteiger partial charge on any atom is -0.377 e. The average Bonchev–Trinajstić information content (AvgIpc) is 2.14. The first kappa shape index (κ1) is 11.5. The molecule has 2 rings (SSSR count). The molecule has 0 saturated heterocycles. The zero-order valence-corrected chi connectivity index (χ0v) is 10.6. The van der Waals surface area contributed by atoms with Gasteiger partial charge in [-0.05, 0) is 37.0 Å². The number of hydrogen-bond acceptors (Lipinski definition) is 2. The summed E-state index contributed by atoms with van der Waals surface area (Å²) in [6.07, 6.45) is 4.11. The maximum atomic E-state index is 3.60. The summed E-state index contributed by atoms with van der Waals surface area (Å²) < 4.78 is 0. The molecule has 0 aliphatic heterocycles. The van der Waals surface area contributed by atoms with E-state index in [4.69, 9.17) is 0 Å². The van der Waals surface area contributed by atoms with Crippen LogP contribution >= 0.6 is 0 Å². The average molecular weight is 218 g/mol. The zero-order valence-electron chi connectivity index (χ0n) is 10.6. The van der Waals surface area contributed by atoms with Gasteiger partial charge in [0, 0.05) is 32.4 Å². The van der Waals surface area contributed by atoms with Crippen molar-refractivity contribution in [3.05, 3.63) is 29.3 Å². The second-order valence-electron chi connectivity index (χ2n) is 5.02. The summed E-state index contributed by atoms with van der Waals surface area (Å²) in [5.41, 5.74) is 4.07. The van der Waals surface area contributed by atoms with Gasteiger partial charge < -0.3 is 10.2 Å². The molecule has 2 nitrogen and oxygen atoms in total. The molecule has 0 spiro atoms. The molecule has 0 amide bonds. The molecule has 1 aliphatic rings. The van der Waals surface area contributed by atoms with E-state index in [1.165, 1.54) is 36.1 Å². The van der Waals surface area contributed by atoms with Crippen LogP contribution in [0.1, 0.15) is 30.4 Å². The number of aryl methyl sites for hydroxylation is 1. The molecule has 1 fully saturated rings. The molecule has 1 saturated carbocycles. The van der Waals surface area contributed by atoms with E-state index in [1.54, 1.807) is 0 Å². The van der Waals surface area contributed by atoms with Crippen LogP contribution in [0.2, 0.25) is 0 Å². The summed E-state index contributed by atoms with van der Waals surface area (Å²) in [7, 11) is 4.18. The van der Waals surface area contributed by atoms with Crippen LogP contribution in [0.5, 0.6) is 0 Å². The van der Waals surface area contributed by atoms with E-state index < -0.39 is 0 Å². The van der Waals surface area contributed by atoms with Crippen molar-refractivity contribution in [3.63, 3.8) is 0 Å². The molecule has 0 radical (unpaired) electrons. The number of anilines is 1. The number of rotatable bonds is 4. The Morgan fingerprint density at radius 2 is 2.06 bits per heavy atom. The summed E-state index contributed by atoms with van der Waals surface area (Å²) >= 11 is 0. The van der Waals surface area contributed by atoms with E-state index in [0.717, 1.165) is 12.6 Å². The molecule has 1 aromatic carbocycles. The van der Waals surface area contributed by atoms with Gasteiger partial charge in [-0.2, -0.15) is 0 Å². The fourth-order valence-electron chi connectivity index (χ4n) is 2.20. The van der Waals surface area contributed by atoms with Gasteiger partial charge in [-0.1, -0.05) is 18.6 Å². The lowest BCUT2D eigenvalue weighted by atomic mass is 9.93. The molecule has 1 N–H and O–H groups in total. The summed E-state index contributed by atoms with van der Waals surface area (Å²) in [6.45, 7) is 3.20. The first-order chi connectivity index (χ1) is 7.66. The minimum atomic E-state index is 0.772. The highest BCUT2D eigenvalue weighted by Crippen LogP contribution is 2.21. The van der Waals surface area contributed by atoms with Crippen molar-refractivity contribution in [2.24, 2.45) is 0 Å². The molecule has 0 atom stereocenters. The molecule has 88 valence electrons. The number of nitrogens with one attached hydrogen (secondary N) is 1. The van der Waals surface area contributed by atoms with Crippen molar-refractivity contribution >= 4 is 5.69 Å². The third-order valence-corrected chi connectivity index (χ3v) is 3.44. The van der Waals surface area contributed by atoms with Gasteiger partial charge in [0.2, 0.25) is 0 Å². The topological polar surface area (TPSA) is 15.3 Å². The van der Waals surface area contributed by atoms with Crippen molar-refractivity contribution in [2.75, 3.05) is 19.0 Å². The fourth-order valence-corrected chi connectivity index (χ4v) is 2.20. The summed E-state index contributed by atoms with van der Waals surface area (Å²) in [5, 5.41) is 3.60. The quantitative estimate of drug-likeness (QED) is 0.836. The van der Waals surface area contributed by atoms with Crippen LogP contribution in [0.15, 0.2) is 18.2 Å². The highest BCUT2D eigenvalue weighted by molar-refractivity contribution is 5.53. The van der Waals surface area contributed by atoms with Crippen LogP contribution in [0.3, 0.4) is 0 Å². The summed E-state index contributed by atoms with van der Waals surface area (Å²) in [5.74, 6) is 0. The molecule has 1 aromatic rings. The Morgan fingerprint density at radius 3 is 2.56 bits per heavy atom. The Morgan fingerprint density at radius 1 is 1.31 bits per heavy atom. The smallest absolute Gasteiger partial charge is 0.0390 e. The molecule has 0 aromatic heterocycles. The van der Waals surface area contributed by atoms with Crippen molar-refractivity contribution < 1.29 is 0 Å². The van der Waals surface area contributed by atoms with Gasteiger partial charge in [0.25, 0.3) is 0 Å². The molecular formula is C14H22N2. The lowest BCUT2D eigenvalue weighted by molar-refractivity contribution is 0.338. The van der Waals surface area contributed by atoms with E-state index in [0.29, 0.717) is 0 Å². The molecule has 0 heterocycles. The third-order valence-electron chi connectivity index (χ3n) is 3.44. The summed E-state index contributed by atoms with van der Waals surface area (Å²) in [6, 6.07) is 7.51. The Balaban J connectivity index is 1.97. The molecular weight excluding hydrogens is 196 g/mol. The molecule has 0 unspecified atom stereocenters. The number of nitrogens with zero attached hydrogens (tertiary/aromatic N) is 1. The van der Waals surface area contributed by atoms with Crippen molar-refractivity contribution in [2.45, 2.75) is 38.8 Å². The predicted octanol–water partition coefficient (Wildman–Crippen LogP) is 2.70. The largest absolute Gasteiger partial charge is 0.377 e. The van der Waals surface area contributed by atoms with Gasteiger partial charge in [-0.15, -0.1) is 0 Å². The second-order valence-corrected chi connectivity index (χ2v) is 5.02. The number of benzene rings is 1. The Bertz CT molecular complexity index is 354. The van der Waals surface area contributed by atoms with Crippen LogP contribution in [0, 0.1) is 6.92 Å². The van der Waals surface area contributed by atoms with E-state index >= 15 is 0 Å². The highest BCUT2D eigenvalue weighted by Gasteiger charge is 2.16. The molecule has 0 bridgehead atoms. The summed E-state index contributed by atoms with van der Waals surface area (Å²) in [4.78, 5) is 2.17. The highest BCUT2D eigenvalue weighted by atomic mass is 15.1. The van der Waals surface area contributed by atoms with E-state index in [-0.39, 0.29) is 0 Å². The van der Waals surface area contributed by atoms with Gasteiger partial charge in [-0.3, -0.25) is 0 Å². The lowest BCUT2D eigenvalue weighted by Crippen LogP contribution is -2.34. The normalized spacial score (nSPS) is 15.9. The first-order valence-corrected chi connectivity index (χ1v) is 6.17. The van der Waals surface area contributed by atoms with Gasteiger partial charge in [0.05, 0.1) is 0 Å². The standard InChI is InChI=1S/C14H22N2/c1-11-9-12(7-8-14(11)16(2)3)10-15-13-5-4-6-13/h7-9,13,15H,4-6,10H2,1-3H3. The van der Waals surface area contributed by atoms with Crippen LogP contribution < -0.4 is 10.2 Å². The maximum Gasteiger partial charge on any atom is 0.0390 e. The van der Waals surface area contributed by atoms with Crippen LogP contribution in [-0.4, -0.2) is 20.1 Å². The number of hydrogen-bond donors (Lipinski definition) is 1. The van der Waals surface area contributed by atoms with E-state index in [9.17, 15) is 0 Å². The molecule has 16 heavy (non-hydrogen) atoms. The second kappa shape index (κ2) is 4.88. The van der Waals surface area contributed by atoms with Crippen molar-refractivity contribution in [1.29, 1.82) is 0 Å².